The molecule has 0 aromatic carbocycles. The van der Waals surface area contributed by atoms with Crippen LogP contribution in [0.3, 0.4) is 0 Å². The Balaban J connectivity index is 3.17. The maximum Gasteiger partial charge on any atom is 0.143 e. The highest BCUT2D eigenvalue weighted by Gasteiger charge is 1.93. The summed E-state index contributed by atoms with van der Waals surface area (Å²) in [6.07, 6.45) is 1.75. The molecule has 0 aliphatic heterocycles. The summed E-state index contributed by atoms with van der Waals surface area (Å²) < 4.78 is 1.12. The Hall–Kier alpha value is 0.235. The molecule has 0 aliphatic rings. The van der Waals surface area contributed by atoms with Crippen LogP contribution in [0.15, 0.2) is 12.3 Å². The van der Waals surface area contributed by atoms with Crippen molar-refractivity contribution < 1.29 is 0 Å². The Labute approximate surface area is 73.4 Å². The maximum absolute atomic E-state index is 5.67. The molecule has 0 atom stereocenters. The molecule has 1 nitrogen and oxygen atoms in total. The fourth-order valence-corrected chi connectivity index (χ4v) is 1.23. The average molecular weight is 251 g/mol. The van der Waals surface area contributed by atoms with Crippen molar-refractivity contribution in [3.63, 3.8) is 0 Å². The van der Waals surface area contributed by atoms with Gasteiger partial charge in [-0.3, -0.25) is 0 Å². The van der Waals surface area contributed by atoms with E-state index in [1.807, 2.05) is 13.9 Å². The lowest BCUT2D eigenvalue weighted by Gasteiger charge is -1.94. The van der Waals surface area contributed by atoms with Crippen molar-refractivity contribution in [2.75, 3.05) is 0 Å². The molecule has 0 spiro atoms. The molecule has 0 unspecified atom stereocenters. The summed E-state index contributed by atoms with van der Waals surface area (Å²) in [6, 6.07) is 2.00. The zero-order valence-corrected chi connectivity index (χ0v) is 7.77. The summed E-state index contributed by atoms with van der Waals surface area (Å²) in [5.41, 5.74) is 1.03. The first kappa shape index (κ1) is 7.34. The predicted octanol–water partition coefficient (Wildman–Crippen LogP) is 0.598. The van der Waals surface area contributed by atoms with Gasteiger partial charge in [0.15, 0.2) is 0 Å². The molecule has 1 heterocycles. The number of hydrogen-bond acceptors (Lipinski definition) is 1. The maximum atomic E-state index is 5.67. The largest absolute Gasteiger partial charge is 0.244 e. The number of hydrogen-bond donors (Lipinski definition) is 0. The van der Waals surface area contributed by atoms with Crippen molar-refractivity contribution >= 4 is 47.5 Å². The van der Waals surface area contributed by atoms with E-state index in [9.17, 15) is 0 Å². The van der Waals surface area contributed by atoms with Crippen molar-refractivity contribution in [2.45, 2.75) is 0 Å². The van der Waals surface area contributed by atoms with E-state index in [4.69, 9.17) is 11.6 Å². The van der Waals surface area contributed by atoms with E-state index >= 15 is 0 Å². The predicted molar refractivity (Wildman–Crippen MR) is 50.1 cm³/mol. The topological polar surface area (TPSA) is 12.9 Å². The molecule has 1 aromatic rings. The molecule has 0 fully saturated rings. The molecule has 0 bridgehead atoms. The van der Waals surface area contributed by atoms with E-state index in [1.165, 1.54) is 0 Å². The summed E-state index contributed by atoms with van der Waals surface area (Å²) >= 11 is 7.87. The highest BCUT2D eigenvalue weighted by Crippen LogP contribution is 2.03. The molecule has 0 aliphatic carbocycles. The van der Waals surface area contributed by atoms with E-state index in [-0.39, 0.29) is 0 Å². The third-order valence-electron chi connectivity index (χ3n) is 0.981. The van der Waals surface area contributed by atoms with Crippen LogP contribution in [0.2, 0.25) is 5.15 Å². The number of halogens is 2. The average Bonchev–Trinajstić information content (AvgIpc) is 1.80. The Morgan fingerprint density at radius 1 is 1.67 bits per heavy atom. The molecule has 4 heteroatoms. The Bertz CT molecular complexity index is 228. The summed E-state index contributed by atoms with van der Waals surface area (Å²) in [5, 5.41) is 0.593. The minimum atomic E-state index is 0.593. The molecule has 1 rings (SSSR count). The quantitative estimate of drug-likeness (QED) is 0.374. The second-order valence-electron chi connectivity index (χ2n) is 1.76. The van der Waals surface area contributed by atoms with Gasteiger partial charge < -0.3 is 0 Å². The Kier molecular flexibility index (Phi) is 2.35. The second-order valence-corrected chi connectivity index (χ2v) is 3.36. The second kappa shape index (κ2) is 2.88. The van der Waals surface area contributed by atoms with Crippen LogP contribution in [0.5, 0.6) is 0 Å². The van der Waals surface area contributed by atoms with Gasteiger partial charge in [-0.2, -0.15) is 0 Å². The monoisotopic (exact) mass is 251 g/mol. The van der Waals surface area contributed by atoms with E-state index in [0.717, 1.165) is 9.03 Å². The Morgan fingerprint density at radius 3 is 2.78 bits per heavy atom. The van der Waals surface area contributed by atoms with Crippen LogP contribution < -0.4 is 5.46 Å². The minimum absolute atomic E-state index is 0.593. The SMILES string of the molecule is Bc1cc(I)cnc1Cl. The first-order chi connectivity index (χ1) is 4.20. The van der Waals surface area contributed by atoms with Gasteiger partial charge in [-0.1, -0.05) is 23.1 Å². The summed E-state index contributed by atoms with van der Waals surface area (Å²) in [7, 11) is 1.94. The first-order valence-electron chi connectivity index (χ1n) is 2.48. The van der Waals surface area contributed by atoms with Gasteiger partial charge in [-0.25, -0.2) is 4.98 Å². The molecule has 0 radical (unpaired) electrons. The fraction of sp³-hybridized carbons (Fsp3) is 0. The fourth-order valence-electron chi connectivity index (χ4n) is 0.524. The van der Waals surface area contributed by atoms with Crippen LogP contribution in [-0.4, -0.2) is 12.8 Å². The molecule has 46 valence electrons. The van der Waals surface area contributed by atoms with Gasteiger partial charge in [0.1, 0.15) is 13.0 Å². The normalized spacial score (nSPS) is 9.56. The smallest absolute Gasteiger partial charge is 0.143 e. The Morgan fingerprint density at radius 2 is 2.33 bits per heavy atom. The standard InChI is InChI=1S/C5H4BClIN/c6-4-1-3(8)2-9-5(4)7/h1-2H,6H2. The molecule has 0 amide bonds. The lowest BCUT2D eigenvalue weighted by molar-refractivity contribution is 1.33. The van der Waals surface area contributed by atoms with Crippen LogP contribution in [0.25, 0.3) is 0 Å². The van der Waals surface area contributed by atoms with Crippen LogP contribution >= 0.6 is 34.2 Å². The third kappa shape index (κ3) is 1.83. The van der Waals surface area contributed by atoms with Crippen molar-refractivity contribution in [3.8, 4) is 0 Å². The summed E-state index contributed by atoms with van der Waals surface area (Å²) in [6.45, 7) is 0. The molecule has 0 N–H and O–H groups in total. The van der Waals surface area contributed by atoms with Gasteiger partial charge in [0, 0.05) is 9.77 Å². The number of pyridine rings is 1. The number of nitrogens with zero attached hydrogens (tertiary/aromatic N) is 1. The van der Waals surface area contributed by atoms with Crippen LogP contribution in [-0.2, 0) is 0 Å². The molecule has 0 saturated carbocycles. The third-order valence-corrected chi connectivity index (χ3v) is 1.97. The molecular weight excluding hydrogens is 247 g/mol. The van der Waals surface area contributed by atoms with Crippen molar-refractivity contribution in [3.05, 3.63) is 21.0 Å². The zero-order chi connectivity index (χ0) is 6.85. The van der Waals surface area contributed by atoms with Gasteiger partial charge >= 0.3 is 0 Å². The van der Waals surface area contributed by atoms with E-state index in [2.05, 4.69) is 27.6 Å². The minimum Gasteiger partial charge on any atom is -0.244 e. The first-order valence-corrected chi connectivity index (χ1v) is 3.93. The van der Waals surface area contributed by atoms with Crippen LogP contribution in [0, 0.1) is 3.57 Å². The highest BCUT2D eigenvalue weighted by molar-refractivity contribution is 14.1. The lowest BCUT2D eigenvalue weighted by atomic mass is 9.99. The van der Waals surface area contributed by atoms with E-state index < -0.39 is 0 Å². The van der Waals surface area contributed by atoms with Gasteiger partial charge in [-0.05, 0) is 22.6 Å². The molecule has 9 heavy (non-hydrogen) atoms. The number of rotatable bonds is 0. The van der Waals surface area contributed by atoms with Gasteiger partial charge in [0.25, 0.3) is 0 Å². The number of aromatic nitrogens is 1. The van der Waals surface area contributed by atoms with Crippen molar-refractivity contribution in [2.24, 2.45) is 0 Å². The van der Waals surface area contributed by atoms with Crippen molar-refractivity contribution in [1.82, 2.24) is 4.98 Å². The highest BCUT2D eigenvalue weighted by atomic mass is 127. The lowest BCUT2D eigenvalue weighted by Crippen LogP contribution is -2.05. The van der Waals surface area contributed by atoms with Crippen LogP contribution in [0.1, 0.15) is 0 Å². The summed E-state index contributed by atoms with van der Waals surface area (Å²) in [5.74, 6) is 0. The van der Waals surface area contributed by atoms with Gasteiger partial charge in [0.2, 0.25) is 0 Å². The molecule has 0 saturated heterocycles. The van der Waals surface area contributed by atoms with Crippen LogP contribution in [0.4, 0.5) is 0 Å². The van der Waals surface area contributed by atoms with Gasteiger partial charge in [0.05, 0.1) is 0 Å². The molecular formula is C5H4BClIN. The van der Waals surface area contributed by atoms with E-state index in [0.29, 0.717) is 5.15 Å². The van der Waals surface area contributed by atoms with Gasteiger partial charge in [-0.15, -0.1) is 0 Å². The molecule has 1 aromatic heterocycles. The summed E-state index contributed by atoms with van der Waals surface area (Å²) in [4.78, 5) is 3.94. The zero-order valence-electron chi connectivity index (χ0n) is 4.86. The van der Waals surface area contributed by atoms with Crippen molar-refractivity contribution in [1.29, 1.82) is 0 Å². The van der Waals surface area contributed by atoms with E-state index in [1.54, 1.807) is 6.20 Å².